The molecule has 1 aromatic carbocycles. The quantitative estimate of drug-likeness (QED) is 0.780. The summed E-state index contributed by atoms with van der Waals surface area (Å²) in [4.78, 5) is 15.0. The summed E-state index contributed by atoms with van der Waals surface area (Å²) >= 11 is 5.98. The number of carbonyl (C=O) groups is 1. The van der Waals surface area contributed by atoms with Crippen molar-refractivity contribution in [3.8, 4) is 11.3 Å². The first kappa shape index (κ1) is 16.3. The fourth-order valence-electron chi connectivity index (χ4n) is 3.45. The van der Waals surface area contributed by atoms with Crippen LogP contribution in [0, 0.1) is 6.92 Å². The van der Waals surface area contributed by atoms with Crippen molar-refractivity contribution in [2.45, 2.75) is 26.2 Å². The number of hydrogen-bond donors (Lipinski definition) is 0. The third kappa shape index (κ3) is 3.51. The van der Waals surface area contributed by atoms with E-state index in [1.165, 1.54) is 19.3 Å². The minimum atomic E-state index is 0.206. The molecule has 3 nitrogen and oxygen atoms in total. The van der Waals surface area contributed by atoms with E-state index in [9.17, 15) is 4.79 Å². The Morgan fingerprint density at radius 3 is 2.43 bits per heavy atom. The Hall–Kier alpha value is -1.58. The summed E-state index contributed by atoms with van der Waals surface area (Å²) in [7, 11) is 1.97. The zero-order valence-electron chi connectivity index (χ0n) is 13.8. The van der Waals surface area contributed by atoms with Crippen molar-refractivity contribution in [2.75, 3.05) is 19.6 Å². The van der Waals surface area contributed by atoms with E-state index in [1.54, 1.807) is 0 Å². The molecule has 0 bridgehead atoms. The lowest BCUT2D eigenvalue weighted by Gasteiger charge is -2.25. The van der Waals surface area contributed by atoms with Crippen molar-refractivity contribution in [1.29, 1.82) is 0 Å². The van der Waals surface area contributed by atoms with Crippen LogP contribution in [0.2, 0.25) is 5.02 Å². The predicted molar refractivity (Wildman–Crippen MR) is 95.2 cm³/mol. The number of Topliss-reactive ketones (excluding diaryl/α,β-unsaturated/α-hetero) is 1. The molecule has 1 aliphatic heterocycles. The molecular formula is C19H23ClN2O. The van der Waals surface area contributed by atoms with E-state index in [0.29, 0.717) is 6.54 Å². The van der Waals surface area contributed by atoms with Gasteiger partial charge in [0.1, 0.15) is 0 Å². The molecule has 0 unspecified atom stereocenters. The van der Waals surface area contributed by atoms with Gasteiger partial charge in [-0.1, -0.05) is 30.2 Å². The fraction of sp³-hybridized carbons (Fsp3) is 0.421. The maximum atomic E-state index is 12.7. The number of aryl methyl sites for hydroxylation is 1. The second-order valence-electron chi connectivity index (χ2n) is 6.39. The van der Waals surface area contributed by atoms with Gasteiger partial charge in [0.05, 0.1) is 17.9 Å². The lowest BCUT2D eigenvalue weighted by Crippen LogP contribution is -2.35. The zero-order valence-corrected chi connectivity index (χ0v) is 14.6. The lowest BCUT2D eigenvalue weighted by molar-refractivity contribution is 0.0908. The Morgan fingerprint density at radius 2 is 1.78 bits per heavy atom. The van der Waals surface area contributed by atoms with Gasteiger partial charge in [0.25, 0.3) is 0 Å². The summed E-state index contributed by atoms with van der Waals surface area (Å²) < 4.78 is 2.02. The maximum Gasteiger partial charge on any atom is 0.193 e. The molecule has 0 aliphatic carbocycles. The minimum absolute atomic E-state index is 0.206. The summed E-state index contributed by atoms with van der Waals surface area (Å²) in [6.07, 6.45) is 3.69. The molecule has 122 valence electrons. The van der Waals surface area contributed by atoms with Gasteiger partial charge in [-0.25, -0.2) is 0 Å². The number of hydrogen-bond acceptors (Lipinski definition) is 2. The van der Waals surface area contributed by atoms with Crippen LogP contribution in [0.15, 0.2) is 30.3 Å². The number of likely N-dealkylation sites (tertiary alicyclic amines) is 1. The highest BCUT2D eigenvalue weighted by Crippen LogP contribution is 2.27. The Morgan fingerprint density at radius 1 is 1.13 bits per heavy atom. The van der Waals surface area contributed by atoms with Crippen LogP contribution >= 0.6 is 11.6 Å². The molecule has 23 heavy (non-hydrogen) atoms. The van der Waals surface area contributed by atoms with E-state index in [4.69, 9.17) is 11.6 Å². The molecule has 0 N–H and O–H groups in total. The predicted octanol–water partition coefficient (Wildman–Crippen LogP) is 4.32. The molecule has 1 aliphatic rings. The first-order chi connectivity index (χ1) is 11.1. The largest absolute Gasteiger partial charge is 0.341 e. The highest BCUT2D eigenvalue weighted by Gasteiger charge is 2.20. The second kappa shape index (κ2) is 6.90. The van der Waals surface area contributed by atoms with Gasteiger partial charge >= 0.3 is 0 Å². The number of rotatable bonds is 4. The summed E-state index contributed by atoms with van der Waals surface area (Å²) in [6, 6.07) is 9.79. The zero-order chi connectivity index (χ0) is 16.4. The highest BCUT2D eigenvalue weighted by atomic mass is 35.5. The van der Waals surface area contributed by atoms with E-state index >= 15 is 0 Å². The molecule has 2 heterocycles. The average molecular weight is 331 g/mol. The smallest absolute Gasteiger partial charge is 0.193 e. The van der Waals surface area contributed by atoms with Crippen LogP contribution < -0.4 is 0 Å². The second-order valence-corrected chi connectivity index (χ2v) is 6.82. The van der Waals surface area contributed by atoms with Crippen LogP contribution in [0.25, 0.3) is 11.3 Å². The fourth-order valence-corrected chi connectivity index (χ4v) is 3.58. The maximum absolute atomic E-state index is 12.7. The number of halogens is 1. The van der Waals surface area contributed by atoms with Gasteiger partial charge in [-0.3, -0.25) is 9.69 Å². The van der Waals surface area contributed by atoms with Crippen LogP contribution in [-0.4, -0.2) is 34.9 Å². The third-order valence-electron chi connectivity index (χ3n) is 4.64. The number of benzene rings is 1. The number of nitrogens with zero attached hydrogens (tertiary/aromatic N) is 2. The first-order valence-corrected chi connectivity index (χ1v) is 8.62. The molecular weight excluding hydrogens is 308 g/mol. The molecule has 1 saturated heterocycles. The van der Waals surface area contributed by atoms with Crippen LogP contribution in [0.4, 0.5) is 0 Å². The van der Waals surface area contributed by atoms with E-state index in [0.717, 1.165) is 40.6 Å². The molecule has 0 radical (unpaired) electrons. The lowest BCUT2D eigenvalue weighted by atomic mass is 10.1. The van der Waals surface area contributed by atoms with Crippen molar-refractivity contribution in [3.05, 3.63) is 46.6 Å². The normalized spacial score (nSPS) is 15.8. The van der Waals surface area contributed by atoms with Gasteiger partial charge in [-0.05, 0) is 62.2 Å². The van der Waals surface area contributed by atoms with Crippen LogP contribution in [0.5, 0.6) is 0 Å². The molecule has 3 rings (SSSR count). The summed E-state index contributed by atoms with van der Waals surface area (Å²) in [5.41, 5.74) is 4.09. The van der Waals surface area contributed by atoms with Crippen molar-refractivity contribution in [2.24, 2.45) is 7.05 Å². The van der Waals surface area contributed by atoms with Gasteiger partial charge in [0.2, 0.25) is 0 Å². The van der Waals surface area contributed by atoms with Crippen LogP contribution in [0.1, 0.15) is 35.3 Å². The van der Waals surface area contributed by atoms with Crippen LogP contribution in [-0.2, 0) is 7.05 Å². The first-order valence-electron chi connectivity index (χ1n) is 8.24. The average Bonchev–Trinajstić information content (AvgIpc) is 2.84. The molecule has 4 heteroatoms. The molecule has 1 fully saturated rings. The SMILES string of the molecule is Cc1cc(C(=O)CN2CCCCC2)n(C)c1-c1ccc(Cl)cc1. The van der Waals surface area contributed by atoms with Gasteiger partial charge in [0, 0.05) is 12.1 Å². The van der Waals surface area contributed by atoms with Gasteiger partial charge in [0.15, 0.2) is 5.78 Å². The topological polar surface area (TPSA) is 25.2 Å². The summed E-state index contributed by atoms with van der Waals surface area (Å²) in [6.45, 7) is 4.66. The molecule has 0 amide bonds. The monoisotopic (exact) mass is 330 g/mol. The highest BCUT2D eigenvalue weighted by molar-refractivity contribution is 6.30. The van der Waals surface area contributed by atoms with E-state index in [1.807, 2.05) is 41.9 Å². The van der Waals surface area contributed by atoms with Crippen molar-refractivity contribution < 1.29 is 4.79 Å². The molecule has 1 aromatic heterocycles. The number of aromatic nitrogens is 1. The van der Waals surface area contributed by atoms with Crippen molar-refractivity contribution >= 4 is 17.4 Å². The summed E-state index contributed by atoms with van der Waals surface area (Å²) in [5, 5.41) is 0.724. The Labute approximate surface area is 142 Å². The molecule has 0 spiro atoms. The number of piperidine rings is 1. The molecule has 0 saturated carbocycles. The van der Waals surface area contributed by atoms with Gasteiger partial charge in [-0.15, -0.1) is 0 Å². The van der Waals surface area contributed by atoms with E-state index in [-0.39, 0.29) is 5.78 Å². The van der Waals surface area contributed by atoms with E-state index in [2.05, 4.69) is 11.8 Å². The van der Waals surface area contributed by atoms with E-state index < -0.39 is 0 Å². The molecule has 2 aromatic rings. The minimum Gasteiger partial charge on any atom is -0.341 e. The van der Waals surface area contributed by atoms with Gasteiger partial charge < -0.3 is 4.57 Å². The number of carbonyl (C=O) groups excluding carboxylic acids is 1. The number of ketones is 1. The van der Waals surface area contributed by atoms with Crippen molar-refractivity contribution in [3.63, 3.8) is 0 Å². The Bertz CT molecular complexity index is 697. The van der Waals surface area contributed by atoms with Crippen LogP contribution in [0.3, 0.4) is 0 Å². The Kier molecular flexibility index (Phi) is 4.88. The molecule has 0 atom stereocenters. The third-order valence-corrected chi connectivity index (χ3v) is 4.89. The Balaban J connectivity index is 1.85. The summed E-state index contributed by atoms with van der Waals surface area (Å²) in [5.74, 6) is 0.206. The van der Waals surface area contributed by atoms with Crippen molar-refractivity contribution in [1.82, 2.24) is 9.47 Å². The standard InChI is InChI=1S/C19H23ClN2O/c1-14-12-17(18(23)13-22-10-4-3-5-11-22)21(2)19(14)15-6-8-16(20)9-7-15/h6-9,12H,3-5,10-11,13H2,1-2H3. The van der Waals surface area contributed by atoms with Gasteiger partial charge in [-0.2, -0.15) is 0 Å².